The first-order chi connectivity index (χ1) is 7.22. The van der Waals surface area contributed by atoms with Crippen molar-refractivity contribution >= 4 is 5.78 Å². The molecular formula is C12H13FO2. The molecule has 0 saturated heterocycles. The summed E-state index contributed by atoms with van der Waals surface area (Å²) in [5.74, 6) is -0.0711. The average molecular weight is 208 g/mol. The van der Waals surface area contributed by atoms with Gasteiger partial charge in [-0.15, -0.1) is 0 Å². The number of benzene rings is 1. The van der Waals surface area contributed by atoms with E-state index < -0.39 is 5.82 Å². The molecule has 0 atom stereocenters. The summed E-state index contributed by atoms with van der Waals surface area (Å²) in [4.78, 5) is 11.8. The molecule has 1 aromatic carbocycles. The highest BCUT2D eigenvalue weighted by molar-refractivity contribution is 5.98. The van der Waals surface area contributed by atoms with Crippen LogP contribution in [0.5, 0.6) is 5.75 Å². The maximum atomic E-state index is 13.5. The third kappa shape index (κ3) is 1.87. The number of rotatable bonds is 3. The van der Waals surface area contributed by atoms with Crippen LogP contribution in [0.25, 0.3) is 0 Å². The molecule has 0 aliphatic heterocycles. The van der Waals surface area contributed by atoms with Crippen LogP contribution in [-0.2, 0) is 0 Å². The molecule has 0 bridgehead atoms. The van der Waals surface area contributed by atoms with Gasteiger partial charge in [0, 0.05) is 12.0 Å². The van der Waals surface area contributed by atoms with Crippen LogP contribution in [0, 0.1) is 11.7 Å². The van der Waals surface area contributed by atoms with Gasteiger partial charge in [0.15, 0.2) is 5.78 Å². The minimum Gasteiger partial charge on any atom is -0.497 e. The molecule has 0 N–H and O–H groups in total. The van der Waals surface area contributed by atoms with Gasteiger partial charge < -0.3 is 4.74 Å². The van der Waals surface area contributed by atoms with Crippen LogP contribution in [0.2, 0.25) is 0 Å². The van der Waals surface area contributed by atoms with E-state index in [9.17, 15) is 9.18 Å². The lowest BCUT2D eigenvalue weighted by atomic mass is 9.80. The smallest absolute Gasteiger partial charge is 0.168 e. The minimum absolute atomic E-state index is 0.0351. The van der Waals surface area contributed by atoms with Crippen molar-refractivity contribution in [1.29, 1.82) is 0 Å². The van der Waals surface area contributed by atoms with Crippen molar-refractivity contribution in [2.45, 2.75) is 19.3 Å². The van der Waals surface area contributed by atoms with Crippen molar-refractivity contribution in [2.75, 3.05) is 7.11 Å². The molecule has 2 nitrogen and oxygen atoms in total. The Morgan fingerprint density at radius 2 is 2.20 bits per heavy atom. The van der Waals surface area contributed by atoms with E-state index in [0.29, 0.717) is 5.75 Å². The molecule has 2 rings (SSSR count). The molecule has 1 aliphatic rings. The Balaban J connectivity index is 2.24. The zero-order valence-electron chi connectivity index (χ0n) is 8.63. The van der Waals surface area contributed by atoms with Crippen LogP contribution in [0.3, 0.4) is 0 Å². The second-order valence-electron chi connectivity index (χ2n) is 3.84. The number of hydrogen-bond donors (Lipinski definition) is 0. The Labute approximate surface area is 88.1 Å². The minimum atomic E-state index is -0.480. The summed E-state index contributed by atoms with van der Waals surface area (Å²) >= 11 is 0. The maximum Gasteiger partial charge on any atom is 0.168 e. The molecule has 80 valence electrons. The highest BCUT2D eigenvalue weighted by Gasteiger charge is 2.27. The molecule has 0 aromatic heterocycles. The molecular weight excluding hydrogens is 195 g/mol. The SMILES string of the molecule is COc1ccc(C(=O)C2CCC2)c(F)c1. The second kappa shape index (κ2) is 4.01. The summed E-state index contributed by atoms with van der Waals surface area (Å²) in [5.41, 5.74) is 0.195. The molecule has 0 amide bonds. The number of Topliss-reactive ketones (excluding diaryl/α,β-unsaturated/α-hetero) is 1. The van der Waals surface area contributed by atoms with Gasteiger partial charge in [0.1, 0.15) is 11.6 Å². The van der Waals surface area contributed by atoms with E-state index in [4.69, 9.17) is 4.74 Å². The number of ether oxygens (including phenoxy) is 1. The van der Waals surface area contributed by atoms with Crippen LogP contribution >= 0.6 is 0 Å². The molecule has 0 unspecified atom stereocenters. The van der Waals surface area contributed by atoms with E-state index in [-0.39, 0.29) is 17.3 Å². The van der Waals surface area contributed by atoms with Gasteiger partial charge in [-0.3, -0.25) is 4.79 Å². The summed E-state index contributed by atoms with van der Waals surface area (Å²) in [5, 5.41) is 0. The van der Waals surface area contributed by atoms with Crippen LogP contribution in [0.4, 0.5) is 4.39 Å². The molecule has 1 fully saturated rings. The second-order valence-corrected chi connectivity index (χ2v) is 3.84. The molecule has 3 heteroatoms. The monoisotopic (exact) mass is 208 g/mol. The van der Waals surface area contributed by atoms with E-state index in [1.54, 1.807) is 6.07 Å². The third-order valence-corrected chi connectivity index (χ3v) is 2.92. The molecule has 1 aromatic rings. The zero-order valence-corrected chi connectivity index (χ0v) is 8.63. The van der Waals surface area contributed by atoms with Gasteiger partial charge in [0.05, 0.1) is 12.7 Å². The van der Waals surface area contributed by atoms with Crippen LogP contribution in [-0.4, -0.2) is 12.9 Å². The highest BCUT2D eigenvalue weighted by Crippen LogP contribution is 2.31. The lowest BCUT2D eigenvalue weighted by molar-refractivity contribution is 0.0851. The van der Waals surface area contributed by atoms with E-state index in [2.05, 4.69) is 0 Å². The molecule has 0 heterocycles. The number of methoxy groups -OCH3 is 1. The first-order valence-electron chi connectivity index (χ1n) is 5.10. The lowest BCUT2D eigenvalue weighted by Gasteiger charge is -2.23. The molecule has 1 saturated carbocycles. The first kappa shape index (κ1) is 10.1. The number of carbonyl (C=O) groups is 1. The number of halogens is 1. The first-order valence-corrected chi connectivity index (χ1v) is 5.10. The Morgan fingerprint density at radius 1 is 1.47 bits per heavy atom. The fraction of sp³-hybridized carbons (Fsp3) is 0.417. The van der Waals surface area contributed by atoms with Crippen molar-refractivity contribution in [3.05, 3.63) is 29.6 Å². The molecule has 1 aliphatic carbocycles. The molecule has 15 heavy (non-hydrogen) atoms. The summed E-state index contributed by atoms with van der Waals surface area (Å²) in [6.45, 7) is 0. The predicted octanol–water partition coefficient (Wildman–Crippen LogP) is 2.82. The van der Waals surface area contributed by atoms with Crippen LogP contribution in [0.15, 0.2) is 18.2 Å². The van der Waals surface area contributed by atoms with Gasteiger partial charge in [-0.2, -0.15) is 0 Å². The number of carbonyl (C=O) groups excluding carboxylic acids is 1. The largest absolute Gasteiger partial charge is 0.497 e. The summed E-state index contributed by atoms with van der Waals surface area (Å²) in [7, 11) is 1.47. The Morgan fingerprint density at radius 3 is 2.67 bits per heavy atom. The third-order valence-electron chi connectivity index (χ3n) is 2.92. The van der Waals surface area contributed by atoms with Crippen molar-refractivity contribution in [2.24, 2.45) is 5.92 Å². The van der Waals surface area contributed by atoms with Crippen LogP contribution < -0.4 is 4.74 Å². The fourth-order valence-electron chi connectivity index (χ4n) is 1.71. The van der Waals surface area contributed by atoms with Gasteiger partial charge in [-0.1, -0.05) is 6.42 Å². The van der Waals surface area contributed by atoms with Gasteiger partial charge in [0.25, 0.3) is 0 Å². The fourth-order valence-corrected chi connectivity index (χ4v) is 1.71. The van der Waals surface area contributed by atoms with Crippen molar-refractivity contribution < 1.29 is 13.9 Å². The zero-order chi connectivity index (χ0) is 10.8. The number of hydrogen-bond acceptors (Lipinski definition) is 2. The lowest BCUT2D eigenvalue weighted by Crippen LogP contribution is -2.22. The average Bonchev–Trinajstić information content (AvgIpc) is 2.14. The summed E-state index contributed by atoms with van der Waals surface area (Å²) < 4.78 is 18.4. The van der Waals surface area contributed by atoms with Crippen molar-refractivity contribution in [1.82, 2.24) is 0 Å². The van der Waals surface area contributed by atoms with Crippen molar-refractivity contribution in [3.8, 4) is 5.75 Å². The standard InChI is InChI=1S/C12H13FO2/c1-15-9-5-6-10(11(13)7-9)12(14)8-3-2-4-8/h5-8H,2-4H2,1H3. The maximum absolute atomic E-state index is 13.5. The van der Waals surface area contributed by atoms with E-state index in [1.165, 1.54) is 19.2 Å². The Bertz CT molecular complexity index is 383. The quantitative estimate of drug-likeness (QED) is 0.714. The van der Waals surface area contributed by atoms with E-state index in [0.717, 1.165) is 19.3 Å². The summed E-state index contributed by atoms with van der Waals surface area (Å²) in [6, 6.07) is 4.38. The molecule has 0 radical (unpaired) electrons. The Hall–Kier alpha value is -1.38. The van der Waals surface area contributed by atoms with Gasteiger partial charge >= 0.3 is 0 Å². The Kier molecular flexibility index (Phi) is 2.71. The van der Waals surface area contributed by atoms with Crippen LogP contribution in [0.1, 0.15) is 29.6 Å². The predicted molar refractivity (Wildman–Crippen MR) is 54.6 cm³/mol. The van der Waals surface area contributed by atoms with E-state index in [1.807, 2.05) is 0 Å². The summed E-state index contributed by atoms with van der Waals surface area (Å²) in [6.07, 6.45) is 2.86. The van der Waals surface area contributed by atoms with Gasteiger partial charge in [-0.05, 0) is 25.0 Å². The van der Waals surface area contributed by atoms with Gasteiger partial charge in [-0.25, -0.2) is 4.39 Å². The number of ketones is 1. The highest BCUT2D eigenvalue weighted by atomic mass is 19.1. The molecule has 0 spiro atoms. The van der Waals surface area contributed by atoms with Crippen molar-refractivity contribution in [3.63, 3.8) is 0 Å². The van der Waals surface area contributed by atoms with E-state index >= 15 is 0 Å². The van der Waals surface area contributed by atoms with Gasteiger partial charge in [0.2, 0.25) is 0 Å². The topological polar surface area (TPSA) is 26.3 Å². The normalized spacial score (nSPS) is 15.9.